The zero-order valence-corrected chi connectivity index (χ0v) is 30.7. The molecule has 1 aromatic heterocycles. The number of pyridine rings is 1. The Morgan fingerprint density at radius 2 is 1.76 bits per heavy atom. The van der Waals surface area contributed by atoms with Crippen LogP contribution in [0.4, 0.5) is 23.7 Å². The summed E-state index contributed by atoms with van der Waals surface area (Å²) in [6.45, 7) is 1.09. The van der Waals surface area contributed by atoms with E-state index in [9.17, 15) is 28.7 Å². The van der Waals surface area contributed by atoms with Crippen LogP contribution >= 0.6 is 23.2 Å². The molecule has 0 aliphatic carbocycles. The van der Waals surface area contributed by atoms with Gasteiger partial charge in [-0.2, -0.15) is 8.78 Å². The van der Waals surface area contributed by atoms with Crippen LogP contribution in [0.1, 0.15) is 64.7 Å². The molecule has 1 N–H and O–H groups in total. The SMILES string of the molecule is CCCOc1cc([C@H](Cc2c(Cl)c[n+](O)cc2Cl)c2cc(CN(C(=O)O[C@H]3CN4CCC3CC4)c3ccccc3F)ccc2C(=O)[O-])ccc1OC(F)F. The maximum atomic E-state index is 15.4. The van der Waals surface area contributed by atoms with Crippen LogP contribution < -0.4 is 24.2 Å². The highest BCUT2D eigenvalue weighted by molar-refractivity contribution is 6.35. The molecule has 3 saturated heterocycles. The fraction of sp³-hybridized carbons (Fsp3) is 0.359. The van der Waals surface area contributed by atoms with Crippen molar-refractivity contribution in [2.75, 3.05) is 31.1 Å². The van der Waals surface area contributed by atoms with E-state index in [4.69, 9.17) is 37.4 Å². The van der Waals surface area contributed by atoms with Crippen molar-refractivity contribution in [3.05, 3.63) is 117 Å². The molecule has 286 valence electrons. The fourth-order valence-corrected chi connectivity index (χ4v) is 7.74. The maximum absolute atomic E-state index is 15.4. The van der Waals surface area contributed by atoms with Crippen LogP contribution in [0.2, 0.25) is 10.0 Å². The number of benzene rings is 3. The molecule has 3 aromatic carbocycles. The number of carboxylic acids is 1. The maximum Gasteiger partial charge on any atom is 0.415 e. The summed E-state index contributed by atoms with van der Waals surface area (Å²) in [4.78, 5) is 30.0. The molecule has 3 fully saturated rings. The summed E-state index contributed by atoms with van der Waals surface area (Å²) in [5.74, 6) is -3.13. The van der Waals surface area contributed by atoms with Crippen LogP contribution in [0.3, 0.4) is 0 Å². The highest BCUT2D eigenvalue weighted by atomic mass is 35.5. The summed E-state index contributed by atoms with van der Waals surface area (Å²) in [6.07, 6.45) is 3.57. The Morgan fingerprint density at radius 3 is 2.39 bits per heavy atom. The van der Waals surface area contributed by atoms with Crippen LogP contribution in [-0.4, -0.2) is 61.1 Å². The normalized spacial score (nSPS) is 18.3. The van der Waals surface area contributed by atoms with Crippen LogP contribution in [0.25, 0.3) is 0 Å². The lowest BCUT2D eigenvalue weighted by Gasteiger charge is -2.44. The lowest BCUT2D eigenvalue weighted by molar-refractivity contribution is -0.904. The van der Waals surface area contributed by atoms with Gasteiger partial charge in [0, 0.05) is 28.3 Å². The van der Waals surface area contributed by atoms with Crippen LogP contribution in [0.5, 0.6) is 11.5 Å². The molecule has 0 saturated carbocycles. The van der Waals surface area contributed by atoms with Gasteiger partial charge in [0.15, 0.2) is 11.5 Å². The lowest BCUT2D eigenvalue weighted by atomic mass is 9.82. The lowest BCUT2D eigenvalue weighted by Crippen LogP contribution is -2.53. The molecular weight excluding hydrogens is 750 g/mol. The van der Waals surface area contributed by atoms with Gasteiger partial charge < -0.3 is 24.1 Å². The summed E-state index contributed by atoms with van der Waals surface area (Å²) in [5, 5.41) is 22.9. The van der Waals surface area contributed by atoms with Crippen LogP contribution in [-0.2, 0) is 17.7 Å². The number of carbonyl (C=O) groups excluding carboxylic acids is 2. The van der Waals surface area contributed by atoms with E-state index in [2.05, 4.69) is 4.90 Å². The van der Waals surface area contributed by atoms with E-state index in [1.54, 1.807) is 12.1 Å². The van der Waals surface area contributed by atoms with Gasteiger partial charge in [0.2, 0.25) is 12.4 Å². The third-order valence-corrected chi connectivity index (χ3v) is 10.4. The van der Waals surface area contributed by atoms with E-state index in [1.807, 2.05) is 6.92 Å². The number of aromatic nitrogens is 1. The molecule has 2 bridgehead atoms. The Bertz CT molecular complexity index is 1970. The molecule has 54 heavy (non-hydrogen) atoms. The number of hydrogen-bond acceptors (Lipinski definition) is 8. The Labute approximate surface area is 320 Å². The number of ether oxygens (including phenoxy) is 3. The third kappa shape index (κ3) is 8.97. The fourth-order valence-electron chi connectivity index (χ4n) is 7.13. The molecule has 3 aliphatic heterocycles. The number of alkyl halides is 2. The minimum Gasteiger partial charge on any atom is -0.545 e. The monoisotopic (exact) mass is 787 g/mol. The number of carboxylic acid groups (broad SMARTS) is 1. The van der Waals surface area contributed by atoms with Crippen molar-refractivity contribution in [2.24, 2.45) is 5.92 Å². The molecule has 4 aromatic rings. The molecule has 10 nitrogen and oxygen atoms in total. The summed E-state index contributed by atoms with van der Waals surface area (Å²) < 4.78 is 59.2. The molecular formula is C39H38Cl2F3N3O7. The quantitative estimate of drug-likeness (QED) is 0.107. The van der Waals surface area contributed by atoms with E-state index in [0.717, 1.165) is 25.9 Å². The van der Waals surface area contributed by atoms with Crippen LogP contribution in [0, 0.1) is 11.7 Å². The summed E-state index contributed by atoms with van der Waals surface area (Å²) in [6, 6.07) is 14.4. The van der Waals surface area contributed by atoms with E-state index >= 15 is 4.39 Å². The van der Waals surface area contributed by atoms with Crippen molar-refractivity contribution in [2.45, 2.75) is 57.8 Å². The van der Waals surface area contributed by atoms with Gasteiger partial charge in [-0.1, -0.05) is 66.5 Å². The van der Waals surface area contributed by atoms with E-state index in [0.29, 0.717) is 34.4 Å². The Balaban J connectivity index is 1.44. The zero-order chi connectivity index (χ0) is 38.5. The van der Waals surface area contributed by atoms with Crippen molar-refractivity contribution in [3.8, 4) is 11.5 Å². The standard InChI is InChI=1S/C39H38Cl2F3N3O7/c1-2-15-52-35-17-25(8-10-34(35)53-38(43)44)27(18-29-30(40)20-46(51)21-31(29)41)28-16-23(7-9-26(28)37(48)49)19-47(33-6-4-3-5-32(33)42)39(50)54-36-22-45-13-11-24(36)12-14-45/h3-10,16-17,20-21,24,27,36,38H,2,11-15,18-19,22H2,1H3,(H-,48,49,51)/t27-,36-/m0/s1. The van der Waals surface area contributed by atoms with Gasteiger partial charge in [-0.25, -0.2) is 9.18 Å². The first kappa shape index (κ1) is 39.0. The predicted octanol–water partition coefficient (Wildman–Crippen LogP) is 7.02. The molecule has 3 aliphatic rings. The van der Waals surface area contributed by atoms with Crippen molar-refractivity contribution in [3.63, 3.8) is 0 Å². The van der Waals surface area contributed by atoms with Crippen molar-refractivity contribution >= 4 is 41.0 Å². The van der Waals surface area contributed by atoms with Gasteiger partial charge in [0.05, 0.1) is 24.8 Å². The highest BCUT2D eigenvalue weighted by Gasteiger charge is 2.38. The number of halogens is 5. The topological polar surface area (TPSA) is 115 Å². The van der Waals surface area contributed by atoms with E-state index < -0.39 is 30.4 Å². The zero-order valence-electron chi connectivity index (χ0n) is 29.2. The van der Waals surface area contributed by atoms with Crippen molar-refractivity contribution < 1.29 is 52.0 Å². The van der Waals surface area contributed by atoms with Crippen molar-refractivity contribution in [1.29, 1.82) is 0 Å². The minimum atomic E-state index is -3.14. The molecule has 7 rings (SSSR count). The number of fused-ring (bicyclic) bond motifs is 3. The second-order valence-corrected chi connectivity index (χ2v) is 14.1. The van der Waals surface area contributed by atoms with Gasteiger partial charge in [-0.15, -0.1) is 0 Å². The first-order valence-corrected chi connectivity index (χ1v) is 18.3. The molecule has 2 atom stereocenters. The third-order valence-electron chi connectivity index (χ3n) is 9.79. The number of amides is 1. The summed E-state index contributed by atoms with van der Waals surface area (Å²) >= 11 is 13.1. The molecule has 1 amide bonds. The molecule has 15 heteroatoms. The molecule has 0 radical (unpaired) electrons. The average Bonchev–Trinajstić information content (AvgIpc) is 3.14. The minimum absolute atomic E-state index is 0.00882. The first-order valence-electron chi connectivity index (χ1n) is 17.5. The number of nitrogens with zero attached hydrogens (tertiary/aromatic N) is 3. The van der Waals surface area contributed by atoms with Crippen LogP contribution in [0.15, 0.2) is 73.1 Å². The number of piperidine rings is 3. The summed E-state index contributed by atoms with van der Waals surface area (Å²) in [5.41, 5.74) is 1.08. The number of carbonyl (C=O) groups is 2. The van der Waals surface area contributed by atoms with Gasteiger partial charge in [-0.05, 0) is 85.6 Å². The largest absolute Gasteiger partial charge is 0.545 e. The molecule has 0 unspecified atom stereocenters. The highest BCUT2D eigenvalue weighted by Crippen LogP contribution is 2.40. The van der Waals surface area contributed by atoms with Gasteiger partial charge in [0.1, 0.15) is 22.0 Å². The van der Waals surface area contributed by atoms with E-state index in [1.165, 1.54) is 65.8 Å². The second-order valence-electron chi connectivity index (χ2n) is 13.3. The van der Waals surface area contributed by atoms with Gasteiger partial charge >= 0.3 is 12.7 Å². The first-order chi connectivity index (χ1) is 25.9. The number of rotatable bonds is 14. The smallest absolute Gasteiger partial charge is 0.415 e. The molecule has 4 heterocycles. The predicted molar refractivity (Wildman–Crippen MR) is 191 cm³/mol. The van der Waals surface area contributed by atoms with E-state index in [-0.39, 0.29) is 70.0 Å². The number of aromatic carboxylic acids is 1. The van der Waals surface area contributed by atoms with Gasteiger partial charge in [-0.3, -0.25) is 15.0 Å². The van der Waals surface area contributed by atoms with Crippen molar-refractivity contribution in [1.82, 2.24) is 4.90 Å². The van der Waals surface area contributed by atoms with Gasteiger partial charge in [0.25, 0.3) is 0 Å². The number of hydrogen-bond donors (Lipinski definition) is 1. The molecule has 0 spiro atoms. The Morgan fingerprint density at radius 1 is 1.04 bits per heavy atom. The Hall–Kier alpha value is -4.72. The average molecular weight is 789 g/mol. The second kappa shape index (κ2) is 17.2. The number of anilines is 1. The Kier molecular flexibility index (Phi) is 12.4. The summed E-state index contributed by atoms with van der Waals surface area (Å²) in [7, 11) is 0. The number of para-hydroxylation sites is 1.